The summed E-state index contributed by atoms with van der Waals surface area (Å²) in [7, 11) is 0. The van der Waals surface area contributed by atoms with Crippen LogP contribution in [-0.2, 0) is 9.59 Å². The van der Waals surface area contributed by atoms with Gasteiger partial charge in [-0.15, -0.1) is 0 Å². The van der Waals surface area contributed by atoms with Crippen molar-refractivity contribution in [3.63, 3.8) is 0 Å². The van der Waals surface area contributed by atoms with Crippen LogP contribution in [0.4, 0.5) is 4.39 Å². The second kappa shape index (κ2) is 10.9. The summed E-state index contributed by atoms with van der Waals surface area (Å²) in [5.41, 5.74) is 0.547. The average Bonchev–Trinajstić information content (AvgIpc) is 2.75. The predicted octanol–water partition coefficient (Wildman–Crippen LogP) is 3.27. The number of halogens is 1. The molecule has 1 saturated carbocycles. The normalized spacial score (nSPS) is 23.3. The van der Waals surface area contributed by atoms with Crippen molar-refractivity contribution in [2.75, 3.05) is 32.7 Å². The van der Waals surface area contributed by atoms with Gasteiger partial charge in [0.2, 0.25) is 0 Å². The van der Waals surface area contributed by atoms with Crippen LogP contribution in [0.3, 0.4) is 0 Å². The summed E-state index contributed by atoms with van der Waals surface area (Å²) in [5, 5.41) is 3.32. The van der Waals surface area contributed by atoms with E-state index >= 15 is 0 Å². The molecule has 164 valence electrons. The molecule has 1 aliphatic carbocycles. The minimum atomic E-state index is -0.335. The van der Waals surface area contributed by atoms with Crippen molar-refractivity contribution in [1.82, 2.24) is 10.2 Å². The maximum Gasteiger partial charge on any atom is 0.176 e. The molecule has 1 aliphatic heterocycles. The predicted molar refractivity (Wildman–Crippen MR) is 114 cm³/mol. The van der Waals surface area contributed by atoms with Crippen molar-refractivity contribution in [3.05, 3.63) is 35.6 Å². The highest BCUT2D eigenvalue weighted by atomic mass is 19.1. The molecule has 1 aromatic rings. The Morgan fingerprint density at radius 1 is 1.00 bits per heavy atom. The Morgan fingerprint density at radius 3 is 2.27 bits per heavy atom. The van der Waals surface area contributed by atoms with Crippen LogP contribution in [0.25, 0.3) is 0 Å². The molecule has 2 fully saturated rings. The lowest BCUT2D eigenvalue weighted by Crippen LogP contribution is -2.42. The fraction of sp³-hybridized carbons (Fsp3) is 0.625. The molecule has 6 heteroatoms. The second-order valence-electron chi connectivity index (χ2n) is 8.85. The molecule has 1 saturated heterocycles. The third kappa shape index (κ3) is 6.29. The van der Waals surface area contributed by atoms with Crippen LogP contribution >= 0.6 is 0 Å². The molecule has 1 aromatic carbocycles. The number of benzene rings is 1. The fourth-order valence-corrected chi connectivity index (χ4v) is 4.81. The highest BCUT2D eigenvalue weighted by molar-refractivity contribution is 5.97. The molecule has 0 aromatic heterocycles. The number of carbonyl (C=O) groups is 3. The van der Waals surface area contributed by atoms with Gasteiger partial charge in [0.05, 0.1) is 13.1 Å². The Labute approximate surface area is 178 Å². The van der Waals surface area contributed by atoms with Crippen molar-refractivity contribution in [3.8, 4) is 0 Å². The monoisotopic (exact) mass is 416 g/mol. The van der Waals surface area contributed by atoms with E-state index in [-0.39, 0.29) is 35.0 Å². The van der Waals surface area contributed by atoms with Gasteiger partial charge in [-0.1, -0.05) is 12.8 Å². The van der Waals surface area contributed by atoms with Crippen molar-refractivity contribution < 1.29 is 18.8 Å². The lowest BCUT2D eigenvalue weighted by atomic mass is 9.75. The van der Waals surface area contributed by atoms with Crippen LogP contribution in [0.15, 0.2) is 24.3 Å². The maximum absolute atomic E-state index is 13.0. The Kier molecular flexibility index (Phi) is 8.28. The van der Waals surface area contributed by atoms with Gasteiger partial charge >= 0.3 is 0 Å². The molecular weight excluding hydrogens is 383 g/mol. The van der Waals surface area contributed by atoms with Gasteiger partial charge in [0.1, 0.15) is 17.4 Å². The average molecular weight is 417 g/mol. The molecule has 5 nitrogen and oxygen atoms in total. The van der Waals surface area contributed by atoms with Gasteiger partial charge in [-0.05, 0) is 82.4 Å². The minimum absolute atomic E-state index is 0.0182. The van der Waals surface area contributed by atoms with Crippen LogP contribution in [-0.4, -0.2) is 55.0 Å². The number of rotatable bonds is 9. The maximum atomic E-state index is 13.0. The third-order valence-electron chi connectivity index (χ3n) is 6.67. The summed E-state index contributed by atoms with van der Waals surface area (Å²) >= 11 is 0. The van der Waals surface area contributed by atoms with Crippen LogP contribution < -0.4 is 5.32 Å². The molecule has 0 amide bonds. The largest absolute Gasteiger partial charge is 0.310 e. The molecule has 1 heterocycles. The summed E-state index contributed by atoms with van der Waals surface area (Å²) in [6, 6.07) is 5.71. The highest BCUT2D eigenvalue weighted by Gasteiger charge is 2.33. The summed E-state index contributed by atoms with van der Waals surface area (Å²) in [4.78, 5) is 38.9. The molecular formula is C24H33FN2O3. The molecule has 1 N–H and O–H groups in total. The second-order valence-corrected chi connectivity index (χ2v) is 8.85. The number of likely N-dealkylation sites (tertiary alicyclic amines) is 1. The van der Waals surface area contributed by atoms with E-state index in [1.54, 1.807) is 6.92 Å². The van der Waals surface area contributed by atoms with Gasteiger partial charge < -0.3 is 5.32 Å². The Balaban J connectivity index is 1.35. The number of Topliss-reactive ketones (excluding diaryl/α,β-unsaturated/α-hetero) is 3. The molecule has 3 rings (SSSR count). The van der Waals surface area contributed by atoms with E-state index in [2.05, 4.69) is 10.2 Å². The van der Waals surface area contributed by atoms with Crippen molar-refractivity contribution in [2.24, 2.45) is 17.8 Å². The van der Waals surface area contributed by atoms with Gasteiger partial charge in [-0.25, -0.2) is 4.39 Å². The summed E-state index contributed by atoms with van der Waals surface area (Å²) in [5.74, 6) is 0.305. The first kappa shape index (κ1) is 22.8. The van der Waals surface area contributed by atoms with Crippen molar-refractivity contribution >= 4 is 17.3 Å². The van der Waals surface area contributed by atoms with Gasteiger partial charge in [0.15, 0.2) is 5.78 Å². The number of nitrogens with zero attached hydrogens (tertiary/aromatic N) is 1. The van der Waals surface area contributed by atoms with Crippen LogP contribution in [0.5, 0.6) is 0 Å². The van der Waals surface area contributed by atoms with Gasteiger partial charge in [-0.2, -0.15) is 0 Å². The third-order valence-corrected chi connectivity index (χ3v) is 6.67. The molecule has 0 spiro atoms. The minimum Gasteiger partial charge on any atom is -0.310 e. The van der Waals surface area contributed by atoms with E-state index in [4.69, 9.17) is 0 Å². The number of hydrogen-bond acceptors (Lipinski definition) is 5. The van der Waals surface area contributed by atoms with Gasteiger partial charge in [0, 0.05) is 17.4 Å². The lowest BCUT2D eigenvalue weighted by Gasteiger charge is -2.32. The first-order valence-corrected chi connectivity index (χ1v) is 11.2. The Bertz CT molecular complexity index is 741. The van der Waals surface area contributed by atoms with E-state index in [0.717, 1.165) is 58.2 Å². The van der Waals surface area contributed by atoms with Gasteiger partial charge in [-0.3, -0.25) is 19.3 Å². The number of nitrogens with one attached hydrogen (secondary N) is 1. The van der Waals surface area contributed by atoms with E-state index < -0.39 is 0 Å². The number of ketones is 3. The first-order chi connectivity index (χ1) is 14.4. The number of piperidine rings is 1. The van der Waals surface area contributed by atoms with Gasteiger partial charge in [0.25, 0.3) is 0 Å². The topological polar surface area (TPSA) is 66.5 Å². The van der Waals surface area contributed by atoms with E-state index in [1.807, 2.05) is 0 Å². The summed E-state index contributed by atoms with van der Waals surface area (Å²) in [6.45, 7) is 4.81. The smallest absolute Gasteiger partial charge is 0.176 e. The molecule has 30 heavy (non-hydrogen) atoms. The summed E-state index contributed by atoms with van der Waals surface area (Å²) < 4.78 is 13.0. The van der Waals surface area contributed by atoms with Crippen LogP contribution in [0.1, 0.15) is 55.8 Å². The molecule has 0 bridgehead atoms. The zero-order chi connectivity index (χ0) is 21.5. The van der Waals surface area contributed by atoms with Crippen molar-refractivity contribution in [1.29, 1.82) is 0 Å². The fourth-order valence-electron chi connectivity index (χ4n) is 4.81. The summed E-state index contributed by atoms with van der Waals surface area (Å²) in [6.07, 6.45) is 5.74. The zero-order valence-electron chi connectivity index (χ0n) is 17.9. The van der Waals surface area contributed by atoms with Crippen molar-refractivity contribution in [2.45, 2.75) is 45.4 Å². The standard InChI is InChI=1S/C24H33FN2O3/c1-17(28)21-4-2-3-5-22(21)23(29)15-26-14-18-10-12-27(13-11-18)16-24(30)19-6-8-20(25)9-7-19/h6-9,18,21-22,26H,2-5,10-16H2,1H3/t21-,22-/m1/s1. The zero-order valence-corrected chi connectivity index (χ0v) is 17.9. The van der Waals surface area contributed by atoms with E-state index in [0.29, 0.717) is 24.6 Å². The molecule has 2 atom stereocenters. The Hall–Kier alpha value is -1.92. The highest BCUT2D eigenvalue weighted by Crippen LogP contribution is 2.31. The lowest BCUT2D eigenvalue weighted by molar-refractivity contribution is -0.132. The van der Waals surface area contributed by atoms with E-state index in [1.165, 1.54) is 24.3 Å². The SMILES string of the molecule is CC(=O)[C@H]1CCCC[C@H]1C(=O)CNCC1CCN(CC(=O)c2ccc(F)cc2)CC1. The number of hydrogen-bond donors (Lipinski definition) is 1. The first-order valence-electron chi connectivity index (χ1n) is 11.2. The van der Waals surface area contributed by atoms with E-state index in [9.17, 15) is 18.8 Å². The Morgan fingerprint density at radius 2 is 1.63 bits per heavy atom. The quantitative estimate of drug-likeness (QED) is 0.626. The molecule has 2 aliphatic rings. The number of carbonyl (C=O) groups excluding carboxylic acids is 3. The molecule has 0 radical (unpaired) electrons. The van der Waals surface area contributed by atoms with Crippen LogP contribution in [0, 0.1) is 23.6 Å². The molecule has 0 unspecified atom stereocenters. The van der Waals surface area contributed by atoms with Crippen LogP contribution in [0.2, 0.25) is 0 Å².